The van der Waals surface area contributed by atoms with E-state index >= 15 is 0 Å². The van der Waals surface area contributed by atoms with Gasteiger partial charge in [0.2, 0.25) is 0 Å². The minimum Gasteiger partial charge on any atom is -0.390 e. The molecule has 0 unspecified atom stereocenters. The molecule has 0 heterocycles. The molecule has 0 saturated heterocycles. The Morgan fingerprint density at radius 2 is 1.61 bits per heavy atom. The number of aliphatic hydroxyl groups is 3. The van der Waals surface area contributed by atoms with Crippen molar-refractivity contribution in [3.8, 4) is 0 Å². The molecule has 0 amide bonds. The van der Waals surface area contributed by atoms with E-state index in [4.69, 9.17) is 0 Å². The van der Waals surface area contributed by atoms with E-state index < -0.39 is 17.3 Å². The molecule has 18 heavy (non-hydrogen) atoms. The molecule has 3 N–H and O–H groups in total. The average molecular weight is 256 g/mol. The van der Waals surface area contributed by atoms with Gasteiger partial charge in [-0.25, -0.2) is 0 Å². The molecule has 0 spiro atoms. The fourth-order valence-corrected chi connectivity index (χ4v) is 4.34. The minimum absolute atomic E-state index is 0.0427. The Bertz CT molecular complexity index is 322. The summed E-state index contributed by atoms with van der Waals surface area (Å²) in [6.07, 6.45) is 3.37. The summed E-state index contributed by atoms with van der Waals surface area (Å²) in [5, 5.41) is 32.0. The van der Waals surface area contributed by atoms with E-state index in [1.54, 1.807) is 6.92 Å². The molecule has 0 aromatic carbocycles. The van der Waals surface area contributed by atoms with E-state index in [1.165, 1.54) is 0 Å². The van der Waals surface area contributed by atoms with E-state index in [1.807, 2.05) is 13.8 Å². The van der Waals surface area contributed by atoms with Crippen molar-refractivity contribution >= 4 is 0 Å². The molecule has 3 heteroatoms. The van der Waals surface area contributed by atoms with Gasteiger partial charge < -0.3 is 15.3 Å². The number of rotatable bonds is 1. The van der Waals surface area contributed by atoms with Crippen LogP contribution in [0.5, 0.6) is 0 Å². The third-order valence-electron chi connectivity index (χ3n) is 5.77. The smallest absolute Gasteiger partial charge is 0.0885 e. The second kappa shape index (κ2) is 4.19. The lowest BCUT2D eigenvalue weighted by Crippen LogP contribution is -2.55. The molecular weight excluding hydrogens is 228 g/mol. The Morgan fingerprint density at radius 1 is 1.00 bits per heavy atom. The van der Waals surface area contributed by atoms with Gasteiger partial charge in [-0.2, -0.15) is 0 Å². The molecule has 3 nitrogen and oxygen atoms in total. The van der Waals surface area contributed by atoms with Crippen molar-refractivity contribution in [3.63, 3.8) is 0 Å². The third kappa shape index (κ3) is 1.91. The highest BCUT2D eigenvalue weighted by Gasteiger charge is 2.61. The highest BCUT2D eigenvalue weighted by atomic mass is 16.3. The second-order valence-electron chi connectivity index (χ2n) is 7.43. The topological polar surface area (TPSA) is 60.7 Å². The van der Waals surface area contributed by atoms with Crippen LogP contribution in [0, 0.1) is 17.3 Å². The van der Waals surface area contributed by atoms with Gasteiger partial charge in [0.25, 0.3) is 0 Å². The Balaban J connectivity index is 2.43. The Morgan fingerprint density at radius 3 is 2.17 bits per heavy atom. The van der Waals surface area contributed by atoms with Crippen LogP contribution in [-0.2, 0) is 0 Å². The summed E-state index contributed by atoms with van der Waals surface area (Å²) < 4.78 is 0. The highest BCUT2D eigenvalue weighted by molar-refractivity contribution is 5.11. The van der Waals surface area contributed by atoms with Crippen molar-refractivity contribution in [1.29, 1.82) is 0 Å². The van der Waals surface area contributed by atoms with E-state index in [2.05, 4.69) is 6.92 Å². The summed E-state index contributed by atoms with van der Waals surface area (Å²) in [4.78, 5) is 0. The lowest BCUT2D eigenvalue weighted by molar-refractivity contribution is -0.163. The normalized spacial score (nSPS) is 53.3. The summed E-state index contributed by atoms with van der Waals surface area (Å²) >= 11 is 0. The predicted octanol–water partition coefficient (Wildman–Crippen LogP) is 2.09. The molecule has 2 rings (SSSR count). The van der Waals surface area contributed by atoms with E-state index in [9.17, 15) is 15.3 Å². The van der Waals surface area contributed by atoms with Gasteiger partial charge in [-0.15, -0.1) is 0 Å². The number of hydrogen-bond donors (Lipinski definition) is 3. The summed E-state index contributed by atoms with van der Waals surface area (Å²) in [7, 11) is 0. The highest BCUT2D eigenvalue weighted by Crippen LogP contribution is 2.58. The first-order valence-electron chi connectivity index (χ1n) is 7.26. The molecule has 106 valence electrons. The van der Waals surface area contributed by atoms with Crippen LogP contribution in [-0.4, -0.2) is 32.6 Å². The quantitative estimate of drug-likeness (QED) is 0.673. The second-order valence-corrected chi connectivity index (χ2v) is 7.43. The van der Waals surface area contributed by atoms with Gasteiger partial charge in [-0.05, 0) is 50.4 Å². The zero-order valence-corrected chi connectivity index (χ0v) is 12.1. The van der Waals surface area contributed by atoms with Crippen molar-refractivity contribution in [3.05, 3.63) is 0 Å². The predicted molar refractivity (Wildman–Crippen MR) is 71.1 cm³/mol. The van der Waals surface area contributed by atoms with Crippen molar-refractivity contribution in [1.82, 2.24) is 0 Å². The van der Waals surface area contributed by atoms with Crippen LogP contribution >= 0.6 is 0 Å². The maximum Gasteiger partial charge on any atom is 0.0885 e. The minimum atomic E-state index is -1.07. The van der Waals surface area contributed by atoms with Gasteiger partial charge in [0.05, 0.1) is 17.3 Å². The van der Waals surface area contributed by atoms with E-state index in [0.29, 0.717) is 6.42 Å². The van der Waals surface area contributed by atoms with Crippen LogP contribution in [0.3, 0.4) is 0 Å². The van der Waals surface area contributed by atoms with Crippen LogP contribution < -0.4 is 0 Å². The first kappa shape index (κ1) is 14.3. The SMILES string of the molecule is CC(C)[C@]1(O)CC[C@@]2(C)CCC[C@](C)(O)[C@H](O)[C@H]21. The van der Waals surface area contributed by atoms with Crippen LogP contribution in [0.4, 0.5) is 0 Å². The van der Waals surface area contributed by atoms with E-state index in [-0.39, 0.29) is 17.3 Å². The lowest BCUT2D eigenvalue weighted by atomic mass is 9.66. The zero-order valence-electron chi connectivity index (χ0n) is 12.1. The first-order valence-corrected chi connectivity index (χ1v) is 7.26. The first-order chi connectivity index (χ1) is 8.13. The maximum absolute atomic E-state index is 11.0. The van der Waals surface area contributed by atoms with Crippen LogP contribution in [0.1, 0.15) is 59.8 Å². The van der Waals surface area contributed by atoms with Crippen LogP contribution in [0.25, 0.3) is 0 Å². The third-order valence-corrected chi connectivity index (χ3v) is 5.77. The van der Waals surface area contributed by atoms with Crippen LogP contribution in [0.15, 0.2) is 0 Å². The van der Waals surface area contributed by atoms with Crippen molar-refractivity contribution in [2.75, 3.05) is 0 Å². The summed E-state index contributed by atoms with van der Waals surface area (Å²) in [5.74, 6) is -0.115. The largest absolute Gasteiger partial charge is 0.390 e. The molecule has 0 bridgehead atoms. The van der Waals surface area contributed by atoms with Crippen LogP contribution in [0.2, 0.25) is 0 Å². The average Bonchev–Trinajstić information content (AvgIpc) is 2.46. The maximum atomic E-state index is 11.0. The van der Waals surface area contributed by atoms with Crippen molar-refractivity contribution in [2.45, 2.75) is 77.1 Å². The zero-order chi connectivity index (χ0) is 13.8. The summed E-state index contributed by atoms with van der Waals surface area (Å²) in [6, 6.07) is 0. The fraction of sp³-hybridized carbons (Fsp3) is 1.00. The number of aliphatic hydroxyl groups excluding tert-OH is 1. The monoisotopic (exact) mass is 256 g/mol. The van der Waals surface area contributed by atoms with Gasteiger partial charge in [0, 0.05) is 5.92 Å². The van der Waals surface area contributed by atoms with Crippen molar-refractivity contribution < 1.29 is 15.3 Å². The molecule has 2 saturated carbocycles. The Kier molecular flexibility index (Phi) is 3.33. The summed E-state index contributed by atoms with van der Waals surface area (Å²) in [5.41, 5.74) is -1.96. The lowest BCUT2D eigenvalue weighted by Gasteiger charge is -2.45. The molecule has 2 aliphatic rings. The summed E-state index contributed by atoms with van der Waals surface area (Å²) in [6.45, 7) is 7.90. The van der Waals surface area contributed by atoms with Gasteiger partial charge in [-0.1, -0.05) is 20.8 Å². The molecule has 5 atom stereocenters. The van der Waals surface area contributed by atoms with Crippen molar-refractivity contribution in [2.24, 2.45) is 17.3 Å². The molecule has 2 aliphatic carbocycles. The molecule has 0 aromatic heterocycles. The van der Waals surface area contributed by atoms with E-state index in [0.717, 1.165) is 25.7 Å². The molecule has 2 fully saturated rings. The number of hydrogen-bond acceptors (Lipinski definition) is 3. The Hall–Kier alpha value is -0.120. The Labute approximate surface area is 110 Å². The standard InChI is InChI=1S/C15H28O3/c1-10(2)15(18)9-8-13(3)6-5-7-14(4,17)12(16)11(13)15/h10-12,16-18H,5-9H2,1-4H3/t11-,12-,13-,14+,15-/m1/s1. The molecule has 0 radical (unpaired) electrons. The van der Waals surface area contributed by atoms with Gasteiger partial charge >= 0.3 is 0 Å². The number of fused-ring (bicyclic) bond motifs is 1. The molecular formula is C15H28O3. The van der Waals surface area contributed by atoms with Gasteiger partial charge in [-0.3, -0.25) is 0 Å². The molecule has 0 aromatic rings. The van der Waals surface area contributed by atoms with Gasteiger partial charge in [0.15, 0.2) is 0 Å². The fourth-order valence-electron chi connectivity index (χ4n) is 4.34. The molecule has 0 aliphatic heterocycles. The van der Waals surface area contributed by atoms with Gasteiger partial charge in [0.1, 0.15) is 0 Å².